The van der Waals surface area contributed by atoms with Crippen LogP contribution in [0.3, 0.4) is 0 Å². The minimum atomic E-state index is 0.489. The predicted octanol–water partition coefficient (Wildman–Crippen LogP) is 2.90. The van der Waals surface area contributed by atoms with Crippen molar-refractivity contribution in [2.45, 2.75) is 6.92 Å². The van der Waals surface area contributed by atoms with Crippen molar-refractivity contribution < 1.29 is 9.47 Å². The normalized spacial score (nSPS) is 10.5. The number of nitrogens with zero attached hydrogens (tertiary/aromatic N) is 1. The highest BCUT2D eigenvalue weighted by Crippen LogP contribution is 2.28. The van der Waals surface area contributed by atoms with Crippen LogP contribution in [-0.4, -0.2) is 45.0 Å². The number of rotatable bonds is 9. The minimum Gasteiger partial charge on any atom is -0.382 e. The maximum atomic E-state index is 6.07. The lowest BCUT2D eigenvalue weighted by atomic mass is 10.4. The third kappa shape index (κ3) is 5.82. The molecule has 0 aliphatic heterocycles. The second-order valence-corrected chi connectivity index (χ2v) is 4.53. The maximum Gasteiger partial charge on any atom is 0.147 e. The quantitative estimate of drug-likeness (QED) is 0.687. The van der Waals surface area contributed by atoms with Gasteiger partial charge in [-0.1, -0.05) is 23.2 Å². The van der Waals surface area contributed by atoms with Gasteiger partial charge in [-0.2, -0.15) is 0 Å². The Morgan fingerprint density at radius 2 is 1.79 bits per heavy atom. The number of anilines is 2. The van der Waals surface area contributed by atoms with E-state index < -0.39 is 0 Å². The van der Waals surface area contributed by atoms with Crippen molar-refractivity contribution in [3.63, 3.8) is 0 Å². The van der Waals surface area contributed by atoms with E-state index >= 15 is 0 Å². The molecule has 0 bridgehead atoms. The van der Waals surface area contributed by atoms with Crippen molar-refractivity contribution in [2.24, 2.45) is 0 Å². The Labute approximate surface area is 123 Å². The summed E-state index contributed by atoms with van der Waals surface area (Å²) < 4.78 is 10.2. The zero-order valence-corrected chi connectivity index (χ0v) is 12.6. The van der Waals surface area contributed by atoms with Gasteiger partial charge in [-0.15, -0.1) is 0 Å². The molecule has 0 saturated heterocycles. The Balaban J connectivity index is 2.46. The van der Waals surface area contributed by atoms with Crippen LogP contribution >= 0.6 is 23.2 Å². The van der Waals surface area contributed by atoms with E-state index in [0.717, 1.165) is 6.54 Å². The van der Waals surface area contributed by atoms with Gasteiger partial charge in [-0.25, -0.2) is 4.98 Å². The predicted molar refractivity (Wildman–Crippen MR) is 79.6 cm³/mol. The van der Waals surface area contributed by atoms with Crippen LogP contribution in [0.15, 0.2) is 6.07 Å². The summed E-state index contributed by atoms with van der Waals surface area (Å²) in [5, 5.41) is 7.18. The van der Waals surface area contributed by atoms with Crippen LogP contribution in [0.1, 0.15) is 6.92 Å². The first-order valence-corrected chi connectivity index (χ1v) is 6.85. The highest BCUT2D eigenvalue weighted by Gasteiger charge is 2.08. The van der Waals surface area contributed by atoms with Crippen LogP contribution in [0.25, 0.3) is 0 Å². The van der Waals surface area contributed by atoms with Crippen LogP contribution in [-0.2, 0) is 9.47 Å². The van der Waals surface area contributed by atoms with Gasteiger partial charge in [0.15, 0.2) is 0 Å². The van der Waals surface area contributed by atoms with E-state index in [0.29, 0.717) is 48.0 Å². The molecule has 0 aromatic carbocycles. The monoisotopic (exact) mass is 307 g/mol. The molecule has 2 N–H and O–H groups in total. The first-order chi connectivity index (χ1) is 9.19. The van der Waals surface area contributed by atoms with Crippen LogP contribution in [0.4, 0.5) is 11.6 Å². The molecule has 0 amide bonds. The van der Waals surface area contributed by atoms with Crippen LogP contribution < -0.4 is 10.6 Å². The Morgan fingerprint density at radius 1 is 1.11 bits per heavy atom. The Kier molecular flexibility index (Phi) is 7.90. The molecule has 1 aromatic heterocycles. The molecule has 0 saturated carbocycles. The molecule has 0 aliphatic carbocycles. The van der Waals surface area contributed by atoms with Gasteiger partial charge in [0.05, 0.1) is 29.9 Å². The Hall–Kier alpha value is -0.750. The molecule has 0 spiro atoms. The van der Waals surface area contributed by atoms with Gasteiger partial charge in [0.1, 0.15) is 11.6 Å². The van der Waals surface area contributed by atoms with E-state index in [1.54, 1.807) is 13.2 Å². The molecule has 0 unspecified atom stereocenters. The van der Waals surface area contributed by atoms with E-state index in [1.807, 2.05) is 6.92 Å². The van der Waals surface area contributed by atoms with Gasteiger partial charge < -0.3 is 20.1 Å². The van der Waals surface area contributed by atoms with Crippen LogP contribution in [0.2, 0.25) is 10.0 Å². The van der Waals surface area contributed by atoms with E-state index in [4.69, 9.17) is 32.7 Å². The first kappa shape index (κ1) is 16.3. The molecule has 5 nitrogen and oxygen atoms in total. The third-order valence-electron chi connectivity index (χ3n) is 2.24. The number of aromatic nitrogens is 1. The highest BCUT2D eigenvalue weighted by atomic mass is 35.5. The summed E-state index contributed by atoms with van der Waals surface area (Å²) in [6.07, 6.45) is 0. The Morgan fingerprint density at radius 3 is 2.42 bits per heavy atom. The SMILES string of the molecule is CCNc1nc(NCCOCCOC)c(Cl)cc1Cl. The van der Waals surface area contributed by atoms with Crippen molar-refractivity contribution in [3.8, 4) is 0 Å². The lowest BCUT2D eigenvalue weighted by Gasteiger charge is -2.11. The summed E-state index contributed by atoms with van der Waals surface area (Å²) in [7, 11) is 1.64. The summed E-state index contributed by atoms with van der Waals surface area (Å²) in [6.45, 7) is 5.05. The molecule has 0 fully saturated rings. The number of pyridine rings is 1. The van der Waals surface area contributed by atoms with Crippen molar-refractivity contribution in [3.05, 3.63) is 16.1 Å². The molecule has 1 aromatic rings. The first-order valence-electron chi connectivity index (χ1n) is 6.09. The largest absolute Gasteiger partial charge is 0.382 e. The fraction of sp³-hybridized carbons (Fsp3) is 0.583. The molecule has 0 aliphatic rings. The summed E-state index contributed by atoms with van der Waals surface area (Å²) in [5.41, 5.74) is 0. The van der Waals surface area contributed by atoms with Gasteiger partial charge in [0, 0.05) is 20.2 Å². The van der Waals surface area contributed by atoms with E-state index in [-0.39, 0.29) is 0 Å². The number of nitrogens with one attached hydrogen (secondary N) is 2. The Bertz CT molecular complexity index is 391. The molecule has 19 heavy (non-hydrogen) atoms. The smallest absolute Gasteiger partial charge is 0.147 e. The fourth-order valence-electron chi connectivity index (χ4n) is 1.37. The van der Waals surface area contributed by atoms with Crippen LogP contribution in [0, 0.1) is 0 Å². The lowest BCUT2D eigenvalue weighted by Crippen LogP contribution is -2.13. The molecular formula is C12H19Cl2N3O2. The molecule has 0 atom stereocenters. The van der Waals surface area contributed by atoms with E-state index in [9.17, 15) is 0 Å². The van der Waals surface area contributed by atoms with Crippen LogP contribution in [0.5, 0.6) is 0 Å². The topological polar surface area (TPSA) is 55.4 Å². The van der Waals surface area contributed by atoms with Crippen molar-refractivity contribution in [1.29, 1.82) is 0 Å². The van der Waals surface area contributed by atoms with E-state index in [2.05, 4.69) is 15.6 Å². The van der Waals surface area contributed by atoms with Gasteiger partial charge in [-0.3, -0.25) is 0 Å². The zero-order valence-electron chi connectivity index (χ0n) is 11.1. The number of methoxy groups -OCH3 is 1. The standard InChI is InChI=1S/C12H19Cl2N3O2/c1-3-15-11-9(13)8-10(14)12(17-11)16-4-5-19-7-6-18-2/h8H,3-7H2,1-2H3,(H2,15,16,17). The van der Waals surface area contributed by atoms with Crippen molar-refractivity contribution in [1.82, 2.24) is 4.98 Å². The summed E-state index contributed by atoms with van der Waals surface area (Å²) in [6, 6.07) is 1.67. The zero-order chi connectivity index (χ0) is 14.1. The molecular weight excluding hydrogens is 289 g/mol. The number of hydrogen-bond donors (Lipinski definition) is 2. The second kappa shape index (κ2) is 9.20. The average molecular weight is 308 g/mol. The highest BCUT2D eigenvalue weighted by molar-refractivity contribution is 6.37. The van der Waals surface area contributed by atoms with Gasteiger partial charge >= 0.3 is 0 Å². The number of ether oxygens (including phenoxy) is 2. The van der Waals surface area contributed by atoms with E-state index in [1.165, 1.54) is 0 Å². The summed E-state index contributed by atoms with van der Waals surface area (Å²) >= 11 is 12.1. The number of halogens is 2. The number of hydrogen-bond acceptors (Lipinski definition) is 5. The molecule has 0 radical (unpaired) electrons. The maximum absolute atomic E-state index is 6.07. The second-order valence-electron chi connectivity index (χ2n) is 3.71. The summed E-state index contributed by atoms with van der Waals surface area (Å²) in [5.74, 6) is 1.22. The molecule has 108 valence electrons. The minimum absolute atomic E-state index is 0.489. The van der Waals surface area contributed by atoms with Gasteiger partial charge in [-0.05, 0) is 13.0 Å². The van der Waals surface area contributed by atoms with Crippen molar-refractivity contribution in [2.75, 3.05) is 50.7 Å². The van der Waals surface area contributed by atoms with Gasteiger partial charge in [0.2, 0.25) is 0 Å². The lowest BCUT2D eigenvalue weighted by molar-refractivity contribution is 0.0759. The summed E-state index contributed by atoms with van der Waals surface area (Å²) in [4.78, 5) is 4.33. The average Bonchev–Trinajstić information content (AvgIpc) is 2.38. The molecule has 1 rings (SSSR count). The van der Waals surface area contributed by atoms with Gasteiger partial charge in [0.25, 0.3) is 0 Å². The molecule has 7 heteroatoms. The molecule has 1 heterocycles. The third-order valence-corrected chi connectivity index (χ3v) is 2.82. The van der Waals surface area contributed by atoms with Crippen molar-refractivity contribution >= 4 is 34.8 Å². The fourth-order valence-corrected chi connectivity index (χ4v) is 1.86.